The van der Waals surface area contributed by atoms with Gasteiger partial charge in [-0.3, -0.25) is 4.90 Å². The van der Waals surface area contributed by atoms with E-state index in [4.69, 9.17) is 0 Å². The smallest absolute Gasteiger partial charge is 0.0198 e. The minimum absolute atomic E-state index is 0.787. The van der Waals surface area contributed by atoms with Crippen molar-refractivity contribution in [3.63, 3.8) is 0 Å². The van der Waals surface area contributed by atoms with Gasteiger partial charge in [0.2, 0.25) is 0 Å². The molecule has 0 aromatic heterocycles. The maximum atomic E-state index is 3.94. The van der Waals surface area contributed by atoms with Crippen LogP contribution in [-0.4, -0.2) is 36.1 Å². The summed E-state index contributed by atoms with van der Waals surface area (Å²) < 4.78 is 0. The third kappa shape index (κ3) is 3.08. The number of hydrogen-bond donors (Lipinski definition) is 1. The maximum absolute atomic E-state index is 3.94. The van der Waals surface area contributed by atoms with Crippen molar-refractivity contribution in [2.24, 2.45) is 5.92 Å². The van der Waals surface area contributed by atoms with Crippen LogP contribution in [0.3, 0.4) is 0 Å². The Hall–Kier alpha value is -0.0800. The SMILES string of the molecule is CCC(C1CC1)N1CCCC(NC2CCCC2)C1. The molecule has 0 radical (unpaired) electrons. The molecule has 0 amide bonds. The molecule has 0 aromatic carbocycles. The molecular formula is C16H30N2. The molecule has 2 nitrogen and oxygen atoms in total. The van der Waals surface area contributed by atoms with Crippen LogP contribution >= 0.6 is 0 Å². The molecule has 104 valence electrons. The molecule has 2 unspecified atom stereocenters. The van der Waals surface area contributed by atoms with Gasteiger partial charge >= 0.3 is 0 Å². The highest BCUT2D eigenvalue weighted by atomic mass is 15.2. The van der Waals surface area contributed by atoms with Crippen molar-refractivity contribution in [2.75, 3.05) is 13.1 Å². The van der Waals surface area contributed by atoms with Crippen LogP contribution in [0, 0.1) is 5.92 Å². The summed E-state index contributed by atoms with van der Waals surface area (Å²) in [4.78, 5) is 2.81. The Morgan fingerprint density at radius 3 is 2.39 bits per heavy atom. The number of rotatable bonds is 5. The Kier molecular flexibility index (Phi) is 4.25. The standard InChI is InChI=1S/C16H30N2/c1-2-16(13-9-10-13)18-11-5-8-15(12-18)17-14-6-3-4-7-14/h13-17H,2-12H2,1H3. The van der Waals surface area contributed by atoms with E-state index in [-0.39, 0.29) is 0 Å². The highest BCUT2D eigenvalue weighted by molar-refractivity contribution is 4.92. The molecule has 3 fully saturated rings. The summed E-state index contributed by atoms with van der Waals surface area (Å²) in [7, 11) is 0. The summed E-state index contributed by atoms with van der Waals surface area (Å²) >= 11 is 0. The minimum Gasteiger partial charge on any atom is -0.310 e. The van der Waals surface area contributed by atoms with Gasteiger partial charge in [0, 0.05) is 24.7 Å². The number of hydrogen-bond acceptors (Lipinski definition) is 2. The Morgan fingerprint density at radius 2 is 1.72 bits per heavy atom. The molecule has 0 bridgehead atoms. The zero-order chi connectivity index (χ0) is 12.4. The summed E-state index contributed by atoms with van der Waals surface area (Å²) in [5.41, 5.74) is 0. The van der Waals surface area contributed by atoms with E-state index in [9.17, 15) is 0 Å². The first-order chi connectivity index (χ1) is 8.86. The van der Waals surface area contributed by atoms with Crippen molar-refractivity contribution in [3.8, 4) is 0 Å². The fraction of sp³-hybridized carbons (Fsp3) is 1.00. The quantitative estimate of drug-likeness (QED) is 0.806. The summed E-state index contributed by atoms with van der Waals surface area (Å²) in [6.07, 6.45) is 12.9. The second-order valence-corrected chi connectivity index (χ2v) is 6.80. The predicted octanol–water partition coefficient (Wildman–Crippen LogP) is 3.17. The molecule has 18 heavy (non-hydrogen) atoms. The molecule has 2 saturated carbocycles. The number of piperidine rings is 1. The van der Waals surface area contributed by atoms with E-state index in [0.29, 0.717) is 0 Å². The maximum Gasteiger partial charge on any atom is 0.0198 e. The molecule has 0 spiro atoms. The average molecular weight is 250 g/mol. The number of nitrogens with one attached hydrogen (secondary N) is 1. The van der Waals surface area contributed by atoms with Gasteiger partial charge in [-0.2, -0.15) is 0 Å². The van der Waals surface area contributed by atoms with Gasteiger partial charge in [0.25, 0.3) is 0 Å². The third-order valence-electron chi connectivity index (χ3n) is 5.33. The van der Waals surface area contributed by atoms with Crippen LogP contribution < -0.4 is 5.32 Å². The Labute approximate surface area is 113 Å². The lowest BCUT2D eigenvalue weighted by Gasteiger charge is -2.39. The molecule has 1 N–H and O–H groups in total. The van der Waals surface area contributed by atoms with Crippen molar-refractivity contribution in [2.45, 2.75) is 82.8 Å². The van der Waals surface area contributed by atoms with Gasteiger partial charge < -0.3 is 5.32 Å². The van der Waals surface area contributed by atoms with E-state index in [2.05, 4.69) is 17.1 Å². The van der Waals surface area contributed by atoms with Gasteiger partial charge in [-0.1, -0.05) is 19.8 Å². The highest BCUT2D eigenvalue weighted by Crippen LogP contribution is 2.37. The molecule has 1 aliphatic heterocycles. The molecule has 2 atom stereocenters. The highest BCUT2D eigenvalue weighted by Gasteiger charge is 2.36. The summed E-state index contributed by atoms with van der Waals surface area (Å²) in [5, 5.41) is 3.94. The summed E-state index contributed by atoms with van der Waals surface area (Å²) in [6, 6.07) is 2.53. The predicted molar refractivity (Wildman–Crippen MR) is 76.8 cm³/mol. The van der Waals surface area contributed by atoms with Crippen molar-refractivity contribution in [1.82, 2.24) is 10.2 Å². The van der Waals surface area contributed by atoms with E-state index < -0.39 is 0 Å². The van der Waals surface area contributed by atoms with E-state index in [0.717, 1.165) is 24.0 Å². The van der Waals surface area contributed by atoms with Crippen LogP contribution in [0.25, 0.3) is 0 Å². The van der Waals surface area contributed by atoms with Crippen LogP contribution in [0.2, 0.25) is 0 Å². The first-order valence-corrected chi connectivity index (χ1v) is 8.37. The Balaban J connectivity index is 1.50. The molecule has 1 heterocycles. The lowest BCUT2D eigenvalue weighted by molar-refractivity contribution is 0.115. The van der Waals surface area contributed by atoms with Crippen LogP contribution in [0.1, 0.15) is 64.7 Å². The van der Waals surface area contributed by atoms with Crippen LogP contribution in [0.5, 0.6) is 0 Å². The van der Waals surface area contributed by atoms with Crippen molar-refractivity contribution < 1.29 is 0 Å². The molecular weight excluding hydrogens is 220 g/mol. The van der Waals surface area contributed by atoms with E-state index in [1.165, 1.54) is 70.9 Å². The Morgan fingerprint density at radius 1 is 1.00 bits per heavy atom. The third-order valence-corrected chi connectivity index (χ3v) is 5.33. The van der Waals surface area contributed by atoms with Crippen LogP contribution in [-0.2, 0) is 0 Å². The number of likely N-dealkylation sites (tertiary alicyclic amines) is 1. The van der Waals surface area contributed by atoms with Crippen molar-refractivity contribution in [3.05, 3.63) is 0 Å². The van der Waals surface area contributed by atoms with Gasteiger partial charge in [-0.25, -0.2) is 0 Å². The van der Waals surface area contributed by atoms with Gasteiger partial charge in [0.15, 0.2) is 0 Å². The van der Waals surface area contributed by atoms with Gasteiger partial charge in [-0.15, -0.1) is 0 Å². The summed E-state index contributed by atoms with van der Waals surface area (Å²) in [5.74, 6) is 1.04. The second-order valence-electron chi connectivity index (χ2n) is 6.80. The minimum atomic E-state index is 0.787. The van der Waals surface area contributed by atoms with Crippen LogP contribution in [0.4, 0.5) is 0 Å². The van der Waals surface area contributed by atoms with Crippen LogP contribution in [0.15, 0.2) is 0 Å². The molecule has 2 heteroatoms. The molecule has 2 aliphatic carbocycles. The van der Waals surface area contributed by atoms with Crippen molar-refractivity contribution in [1.29, 1.82) is 0 Å². The van der Waals surface area contributed by atoms with E-state index >= 15 is 0 Å². The zero-order valence-corrected chi connectivity index (χ0v) is 12.0. The summed E-state index contributed by atoms with van der Waals surface area (Å²) in [6.45, 7) is 5.07. The molecule has 3 rings (SSSR count). The Bertz CT molecular complexity index is 256. The fourth-order valence-electron chi connectivity index (χ4n) is 4.24. The fourth-order valence-corrected chi connectivity index (χ4v) is 4.24. The first-order valence-electron chi connectivity index (χ1n) is 8.37. The largest absolute Gasteiger partial charge is 0.310 e. The molecule has 0 aromatic rings. The van der Waals surface area contributed by atoms with Gasteiger partial charge in [-0.05, 0) is 57.4 Å². The number of nitrogens with zero attached hydrogens (tertiary/aromatic N) is 1. The van der Waals surface area contributed by atoms with Gasteiger partial charge in [0.1, 0.15) is 0 Å². The zero-order valence-electron chi connectivity index (χ0n) is 12.0. The lowest BCUT2D eigenvalue weighted by atomic mass is 9.99. The van der Waals surface area contributed by atoms with Crippen molar-refractivity contribution >= 4 is 0 Å². The molecule has 3 aliphatic rings. The van der Waals surface area contributed by atoms with E-state index in [1.807, 2.05) is 0 Å². The normalized spacial score (nSPS) is 32.8. The average Bonchev–Trinajstić information content (AvgIpc) is 3.08. The van der Waals surface area contributed by atoms with Gasteiger partial charge in [0.05, 0.1) is 0 Å². The second kappa shape index (κ2) is 5.92. The topological polar surface area (TPSA) is 15.3 Å². The lowest BCUT2D eigenvalue weighted by Crippen LogP contribution is -2.52. The monoisotopic (exact) mass is 250 g/mol. The van der Waals surface area contributed by atoms with E-state index in [1.54, 1.807) is 0 Å². The molecule has 1 saturated heterocycles. The first kappa shape index (κ1) is 12.9.